The van der Waals surface area contributed by atoms with Crippen LogP contribution in [-0.4, -0.2) is 24.0 Å². The van der Waals surface area contributed by atoms with E-state index in [-0.39, 0.29) is 11.6 Å². The van der Waals surface area contributed by atoms with Gasteiger partial charge < -0.3 is 10.1 Å². The minimum atomic E-state index is -0.474. The number of pyridine rings is 1. The largest absolute Gasteiger partial charge is 0.465 e. The number of halogens is 1. The minimum Gasteiger partial charge on any atom is -0.465 e. The number of aryl methyl sites for hydroxylation is 1. The highest BCUT2D eigenvalue weighted by atomic mass is 79.9. The molecule has 104 valence electrons. The van der Waals surface area contributed by atoms with Gasteiger partial charge in [-0.05, 0) is 45.9 Å². The van der Waals surface area contributed by atoms with Crippen LogP contribution < -0.4 is 5.32 Å². The van der Waals surface area contributed by atoms with Gasteiger partial charge in [-0.25, -0.2) is 9.78 Å². The van der Waals surface area contributed by atoms with Crippen LogP contribution >= 0.6 is 27.3 Å². The summed E-state index contributed by atoms with van der Waals surface area (Å²) >= 11 is 4.50. The van der Waals surface area contributed by atoms with Crippen molar-refractivity contribution in [1.82, 2.24) is 4.98 Å². The second-order valence-corrected chi connectivity index (χ2v) is 5.64. The fourth-order valence-electron chi connectivity index (χ4n) is 1.57. The molecule has 0 fully saturated rings. The van der Waals surface area contributed by atoms with Gasteiger partial charge in [0.2, 0.25) is 0 Å². The standard InChI is InChI=1S/C13H11BrN2O3S/c1-7-6-20-11(13(18)19-2)9(7)16-12(17)10-8(14)4-3-5-15-10/h3-6H,1-2H3,(H,16,17). The van der Waals surface area contributed by atoms with Crippen molar-refractivity contribution in [3.8, 4) is 0 Å². The van der Waals surface area contributed by atoms with Gasteiger partial charge in [-0.3, -0.25) is 4.79 Å². The number of carbonyl (C=O) groups is 2. The van der Waals surface area contributed by atoms with Crippen LogP contribution in [0.15, 0.2) is 28.2 Å². The van der Waals surface area contributed by atoms with Crippen LogP contribution in [0.25, 0.3) is 0 Å². The first kappa shape index (κ1) is 14.7. The molecule has 0 aliphatic carbocycles. The third-order valence-corrected chi connectivity index (χ3v) is 4.28. The van der Waals surface area contributed by atoms with Crippen molar-refractivity contribution in [2.75, 3.05) is 12.4 Å². The SMILES string of the molecule is COC(=O)c1scc(C)c1NC(=O)c1ncccc1Br. The van der Waals surface area contributed by atoms with E-state index in [0.29, 0.717) is 15.0 Å². The van der Waals surface area contributed by atoms with E-state index in [1.807, 2.05) is 6.92 Å². The number of esters is 1. The van der Waals surface area contributed by atoms with Gasteiger partial charge in [-0.2, -0.15) is 0 Å². The molecule has 0 atom stereocenters. The number of nitrogens with zero attached hydrogens (tertiary/aromatic N) is 1. The Hall–Kier alpha value is -1.73. The first-order valence-electron chi connectivity index (χ1n) is 5.63. The first-order chi connectivity index (χ1) is 9.54. The highest BCUT2D eigenvalue weighted by molar-refractivity contribution is 9.10. The lowest BCUT2D eigenvalue weighted by Gasteiger charge is -2.07. The normalized spacial score (nSPS) is 10.2. The maximum absolute atomic E-state index is 12.2. The molecule has 0 bridgehead atoms. The van der Waals surface area contributed by atoms with Crippen LogP contribution in [0.4, 0.5) is 5.69 Å². The Bertz CT molecular complexity index is 669. The van der Waals surface area contributed by atoms with Gasteiger partial charge in [-0.1, -0.05) is 0 Å². The molecule has 2 aromatic rings. The zero-order valence-electron chi connectivity index (χ0n) is 10.8. The van der Waals surface area contributed by atoms with E-state index in [9.17, 15) is 9.59 Å². The van der Waals surface area contributed by atoms with Gasteiger partial charge in [0.25, 0.3) is 5.91 Å². The molecule has 20 heavy (non-hydrogen) atoms. The number of methoxy groups -OCH3 is 1. The average molecular weight is 355 g/mol. The number of thiophene rings is 1. The molecule has 2 heterocycles. The zero-order valence-corrected chi connectivity index (χ0v) is 13.2. The van der Waals surface area contributed by atoms with Gasteiger partial charge in [0, 0.05) is 10.7 Å². The second kappa shape index (κ2) is 6.15. The zero-order chi connectivity index (χ0) is 14.7. The summed E-state index contributed by atoms with van der Waals surface area (Å²) in [6.07, 6.45) is 1.53. The Labute approximate surface area is 128 Å². The number of nitrogens with one attached hydrogen (secondary N) is 1. The molecule has 2 rings (SSSR count). The lowest BCUT2D eigenvalue weighted by atomic mass is 10.2. The topological polar surface area (TPSA) is 68.3 Å². The van der Waals surface area contributed by atoms with Gasteiger partial charge in [-0.15, -0.1) is 11.3 Å². The lowest BCUT2D eigenvalue weighted by molar-refractivity contribution is 0.0607. The summed E-state index contributed by atoms with van der Waals surface area (Å²) in [7, 11) is 1.30. The molecule has 0 unspecified atom stereocenters. The maximum atomic E-state index is 12.2. The number of amides is 1. The molecule has 1 amide bonds. The number of hydrogen-bond donors (Lipinski definition) is 1. The van der Waals surface area contributed by atoms with E-state index in [2.05, 4.69) is 26.2 Å². The lowest BCUT2D eigenvalue weighted by Crippen LogP contribution is -2.16. The number of hydrogen-bond acceptors (Lipinski definition) is 5. The number of ether oxygens (including phenoxy) is 1. The van der Waals surface area contributed by atoms with Crippen LogP contribution in [0.1, 0.15) is 25.7 Å². The average Bonchev–Trinajstić information content (AvgIpc) is 2.80. The Morgan fingerprint density at radius 2 is 2.20 bits per heavy atom. The molecule has 0 aliphatic heterocycles. The third-order valence-electron chi connectivity index (χ3n) is 2.56. The summed E-state index contributed by atoms with van der Waals surface area (Å²) in [5.41, 5.74) is 1.52. The summed E-state index contributed by atoms with van der Waals surface area (Å²) in [6.45, 7) is 1.81. The van der Waals surface area contributed by atoms with Gasteiger partial charge in [0.15, 0.2) is 0 Å². The van der Waals surface area contributed by atoms with E-state index in [0.717, 1.165) is 5.56 Å². The molecular weight excluding hydrogens is 344 g/mol. The molecule has 1 N–H and O–H groups in total. The van der Waals surface area contributed by atoms with E-state index < -0.39 is 5.97 Å². The van der Waals surface area contributed by atoms with Crippen LogP contribution in [0.3, 0.4) is 0 Å². The molecule has 0 radical (unpaired) electrons. The van der Waals surface area contributed by atoms with Crippen molar-refractivity contribution in [3.63, 3.8) is 0 Å². The highest BCUT2D eigenvalue weighted by Crippen LogP contribution is 2.29. The summed E-state index contributed by atoms with van der Waals surface area (Å²) in [6, 6.07) is 3.44. The molecule has 7 heteroatoms. The molecule has 0 spiro atoms. The molecule has 0 aliphatic rings. The quantitative estimate of drug-likeness (QED) is 0.859. The van der Waals surface area contributed by atoms with Gasteiger partial charge in [0.1, 0.15) is 10.6 Å². The van der Waals surface area contributed by atoms with Crippen molar-refractivity contribution in [1.29, 1.82) is 0 Å². The number of rotatable bonds is 3. The van der Waals surface area contributed by atoms with Gasteiger partial charge >= 0.3 is 5.97 Å². The van der Waals surface area contributed by atoms with E-state index in [4.69, 9.17) is 4.74 Å². The second-order valence-electron chi connectivity index (χ2n) is 3.90. The fourth-order valence-corrected chi connectivity index (χ4v) is 2.92. The van der Waals surface area contributed by atoms with E-state index in [1.54, 1.807) is 17.5 Å². The van der Waals surface area contributed by atoms with Crippen LogP contribution in [0.5, 0.6) is 0 Å². The minimum absolute atomic E-state index is 0.258. The van der Waals surface area contributed by atoms with Crippen molar-refractivity contribution in [2.24, 2.45) is 0 Å². The van der Waals surface area contributed by atoms with Crippen molar-refractivity contribution in [3.05, 3.63) is 44.3 Å². The van der Waals surface area contributed by atoms with E-state index >= 15 is 0 Å². The number of carbonyl (C=O) groups excluding carboxylic acids is 2. The van der Waals surface area contributed by atoms with Gasteiger partial charge in [0.05, 0.1) is 12.8 Å². The third kappa shape index (κ3) is 2.88. The smallest absolute Gasteiger partial charge is 0.350 e. The monoisotopic (exact) mass is 354 g/mol. The maximum Gasteiger partial charge on any atom is 0.350 e. The summed E-state index contributed by atoms with van der Waals surface area (Å²) in [4.78, 5) is 28.2. The molecule has 0 saturated carbocycles. The molecule has 5 nitrogen and oxygen atoms in total. The Balaban J connectivity index is 2.31. The van der Waals surface area contributed by atoms with Crippen molar-refractivity contribution in [2.45, 2.75) is 6.92 Å². The predicted octanol–water partition coefficient (Wildman–Crippen LogP) is 3.25. The summed E-state index contributed by atoms with van der Waals surface area (Å²) in [5, 5.41) is 4.50. The van der Waals surface area contributed by atoms with Crippen LogP contribution in [-0.2, 0) is 4.74 Å². The first-order valence-corrected chi connectivity index (χ1v) is 7.30. The Morgan fingerprint density at radius 1 is 1.45 bits per heavy atom. The van der Waals surface area contributed by atoms with Crippen molar-refractivity contribution < 1.29 is 14.3 Å². The molecule has 0 aromatic carbocycles. The van der Waals surface area contributed by atoms with E-state index in [1.165, 1.54) is 24.6 Å². The Morgan fingerprint density at radius 3 is 2.85 bits per heavy atom. The molecule has 2 aromatic heterocycles. The predicted molar refractivity (Wildman–Crippen MR) is 80.3 cm³/mol. The summed E-state index contributed by atoms with van der Waals surface area (Å²) < 4.78 is 5.28. The van der Waals surface area contributed by atoms with Crippen molar-refractivity contribution >= 4 is 44.8 Å². The summed E-state index contributed by atoms with van der Waals surface area (Å²) in [5.74, 6) is -0.859. The van der Waals surface area contributed by atoms with Crippen LogP contribution in [0.2, 0.25) is 0 Å². The number of aromatic nitrogens is 1. The van der Waals surface area contributed by atoms with Crippen LogP contribution in [0, 0.1) is 6.92 Å². The highest BCUT2D eigenvalue weighted by Gasteiger charge is 2.20. The fraction of sp³-hybridized carbons (Fsp3) is 0.154. The number of anilines is 1. The molecular formula is C13H11BrN2O3S. The Kier molecular flexibility index (Phi) is 4.51. The molecule has 0 saturated heterocycles.